The molecule has 0 spiro atoms. The Kier molecular flexibility index (Phi) is 7.11. The molecule has 168 valence electrons. The second-order valence-corrected chi connectivity index (χ2v) is 10.6. The minimum absolute atomic E-state index is 0.0242. The molecule has 0 bridgehead atoms. The lowest BCUT2D eigenvalue weighted by molar-refractivity contribution is -0.0292. The van der Waals surface area contributed by atoms with Crippen LogP contribution in [0.3, 0.4) is 0 Å². The van der Waals surface area contributed by atoms with E-state index in [0.29, 0.717) is 30.6 Å². The molecule has 0 radical (unpaired) electrons. The molecule has 4 aliphatic rings. The van der Waals surface area contributed by atoms with Crippen LogP contribution in [0.25, 0.3) is 0 Å². The summed E-state index contributed by atoms with van der Waals surface area (Å²) in [5.41, 5.74) is 0. The summed E-state index contributed by atoms with van der Waals surface area (Å²) in [4.78, 5) is 0. The first-order valence-corrected chi connectivity index (χ1v) is 12.1. The van der Waals surface area contributed by atoms with Crippen molar-refractivity contribution in [3.8, 4) is 0 Å². The Morgan fingerprint density at radius 3 is 1.31 bits per heavy atom. The second-order valence-electron chi connectivity index (χ2n) is 10.6. The van der Waals surface area contributed by atoms with E-state index in [1.54, 1.807) is 0 Å². The predicted octanol–water partition coefficient (Wildman–Crippen LogP) is 7.50. The average molecular weight is 421 g/mol. The first-order valence-electron chi connectivity index (χ1n) is 12.1. The molecule has 0 nitrogen and oxygen atoms in total. The molecule has 0 aromatic carbocycles. The summed E-state index contributed by atoms with van der Waals surface area (Å²) in [5, 5.41) is 0. The molecule has 0 aromatic rings. The maximum Gasteiger partial charge on any atom is 0.162 e. The third-order valence-electron chi connectivity index (χ3n) is 9.07. The van der Waals surface area contributed by atoms with Crippen LogP contribution in [0.15, 0.2) is 0 Å². The minimum Gasteiger partial charge on any atom is -0.247 e. The highest BCUT2D eigenvalue weighted by Crippen LogP contribution is 2.49. The Labute approximate surface area is 172 Å². The number of alkyl halides is 5. The summed E-state index contributed by atoms with van der Waals surface area (Å²) < 4.78 is 69.4. The topological polar surface area (TPSA) is 0 Å². The molecule has 4 rings (SSSR count). The van der Waals surface area contributed by atoms with Gasteiger partial charge in [0.1, 0.15) is 24.7 Å². The largest absolute Gasteiger partial charge is 0.247 e. The van der Waals surface area contributed by atoms with Crippen LogP contribution in [0.4, 0.5) is 22.0 Å². The van der Waals surface area contributed by atoms with Gasteiger partial charge in [-0.05, 0) is 119 Å². The second kappa shape index (κ2) is 9.42. The normalized spacial score (nSPS) is 52.2. The Hall–Kier alpha value is -0.350. The van der Waals surface area contributed by atoms with Crippen LogP contribution in [0, 0.1) is 35.5 Å². The number of halogens is 5. The number of hydrogen-bond donors (Lipinski definition) is 0. The van der Waals surface area contributed by atoms with E-state index in [1.807, 2.05) is 0 Å². The van der Waals surface area contributed by atoms with Crippen molar-refractivity contribution in [1.29, 1.82) is 0 Å². The molecule has 5 atom stereocenters. The van der Waals surface area contributed by atoms with Crippen LogP contribution < -0.4 is 0 Å². The molecular weight excluding hydrogens is 383 g/mol. The van der Waals surface area contributed by atoms with Crippen LogP contribution in [0.5, 0.6) is 0 Å². The van der Waals surface area contributed by atoms with Crippen LogP contribution in [0.2, 0.25) is 0 Å². The quantitative estimate of drug-likeness (QED) is 0.415. The fourth-order valence-corrected chi connectivity index (χ4v) is 7.28. The number of rotatable bonds is 3. The van der Waals surface area contributed by atoms with E-state index in [4.69, 9.17) is 0 Å². The molecule has 4 fully saturated rings. The first-order chi connectivity index (χ1) is 13.9. The zero-order chi connectivity index (χ0) is 20.5. The van der Waals surface area contributed by atoms with E-state index >= 15 is 4.39 Å². The Morgan fingerprint density at radius 2 is 0.793 bits per heavy atom. The molecule has 0 amide bonds. The van der Waals surface area contributed by atoms with E-state index in [0.717, 1.165) is 50.9 Å². The lowest BCUT2D eigenvalue weighted by Crippen LogP contribution is -2.43. The molecule has 0 N–H and O–H groups in total. The van der Waals surface area contributed by atoms with Gasteiger partial charge in [-0.3, -0.25) is 0 Å². The smallest absolute Gasteiger partial charge is 0.162 e. The van der Waals surface area contributed by atoms with Gasteiger partial charge < -0.3 is 0 Å². The molecule has 4 aliphatic carbocycles. The maximum absolute atomic E-state index is 15.0. The van der Waals surface area contributed by atoms with Crippen molar-refractivity contribution in [3.63, 3.8) is 0 Å². The SMILES string of the molecule is FC1CCC(C2CCC(C3CCC(C4CC(F)C(F)C(F)C4)C(F)C3)CC2)CC1. The summed E-state index contributed by atoms with van der Waals surface area (Å²) in [5.74, 6) is 1.68. The van der Waals surface area contributed by atoms with Crippen molar-refractivity contribution in [2.45, 2.75) is 114 Å². The van der Waals surface area contributed by atoms with Crippen molar-refractivity contribution >= 4 is 0 Å². The highest BCUT2D eigenvalue weighted by molar-refractivity contribution is 4.95. The van der Waals surface area contributed by atoms with Crippen molar-refractivity contribution in [1.82, 2.24) is 0 Å². The third kappa shape index (κ3) is 4.95. The van der Waals surface area contributed by atoms with Gasteiger partial charge in [-0.15, -0.1) is 0 Å². The summed E-state index contributed by atoms with van der Waals surface area (Å²) in [6.45, 7) is 0. The van der Waals surface area contributed by atoms with Gasteiger partial charge in [-0.1, -0.05) is 0 Å². The van der Waals surface area contributed by atoms with Gasteiger partial charge in [0.2, 0.25) is 0 Å². The molecule has 0 aromatic heterocycles. The monoisotopic (exact) mass is 420 g/mol. The molecule has 0 saturated heterocycles. The van der Waals surface area contributed by atoms with Gasteiger partial charge in [0.05, 0.1) is 0 Å². The van der Waals surface area contributed by atoms with E-state index in [2.05, 4.69) is 0 Å². The van der Waals surface area contributed by atoms with Crippen LogP contribution >= 0.6 is 0 Å². The summed E-state index contributed by atoms with van der Waals surface area (Å²) in [6, 6.07) is 0. The molecule has 29 heavy (non-hydrogen) atoms. The summed E-state index contributed by atoms with van der Waals surface area (Å²) in [6.07, 6.45) is 3.07. The van der Waals surface area contributed by atoms with Gasteiger partial charge in [0.15, 0.2) is 6.17 Å². The Morgan fingerprint density at radius 1 is 0.379 bits per heavy atom. The molecule has 4 saturated carbocycles. The molecular formula is C24H37F5. The first kappa shape index (κ1) is 21.9. The summed E-state index contributed by atoms with van der Waals surface area (Å²) >= 11 is 0. The van der Waals surface area contributed by atoms with Gasteiger partial charge in [0.25, 0.3) is 0 Å². The van der Waals surface area contributed by atoms with Crippen molar-refractivity contribution in [2.24, 2.45) is 35.5 Å². The molecule has 0 aliphatic heterocycles. The Balaban J connectivity index is 1.24. The lowest BCUT2D eigenvalue weighted by Gasteiger charge is -2.44. The third-order valence-corrected chi connectivity index (χ3v) is 9.07. The fraction of sp³-hybridized carbons (Fsp3) is 1.00. The molecule has 5 heteroatoms. The summed E-state index contributed by atoms with van der Waals surface area (Å²) in [7, 11) is 0. The fourth-order valence-electron chi connectivity index (χ4n) is 7.28. The number of hydrogen-bond acceptors (Lipinski definition) is 0. The van der Waals surface area contributed by atoms with Crippen molar-refractivity contribution in [2.75, 3.05) is 0 Å². The van der Waals surface area contributed by atoms with E-state index in [-0.39, 0.29) is 24.7 Å². The maximum atomic E-state index is 15.0. The van der Waals surface area contributed by atoms with Gasteiger partial charge >= 0.3 is 0 Å². The van der Waals surface area contributed by atoms with E-state index < -0.39 is 30.9 Å². The van der Waals surface area contributed by atoms with Gasteiger partial charge in [0, 0.05) is 0 Å². The highest BCUT2D eigenvalue weighted by Gasteiger charge is 2.46. The van der Waals surface area contributed by atoms with E-state index in [9.17, 15) is 17.6 Å². The standard InChI is InChI=1S/C24H37F5/c25-19-8-5-15(6-9-19)14-1-3-16(4-2-14)17-7-10-20(21(26)11-17)18-12-22(27)24(29)23(28)13-18/h14-24H,1-13H2. The van der Waals surface area contributed by atoms with E-state index in [1.165, 1.54) is 12.8 Å². The highest BCUT2D eigenvalue weighted by atomic mass is 19.2. The average Bonchev–Trinajstić information content (AvgIpc) is 2.72. The van der Waals surface area contributed by atoms with Crippen LogP contribution in [-0.2, 0) is 0 Å². The molecule has 0 heterocycles. The van der Waals surface area contributed by atoms with Crippen molar-refractivity contribution < 1.29 is 22.0 Å². The Bertz CT molecular complexity index is 499. The van der Waals surface area contributed by atoms with Gasteiger partial charge in [-0.25, -0.2) is 22.0 Å². The van der Waals surface area contributed by atoms with Crippen LogP contribution in [-0.4, -0.2) is 30.9 Å². The van der Waals surface area contributed by atoms with Crippen molar-refractivity contribution in [3.05, 3.63) is 0 Å². The van der Waals surface area contributed by atoms with Gasteiger partial charge in [-0.2, -0.15) is 0 Å². The predicted molar refractivity (Wildman–Crippen MR) is 105 cm³/mol. The lowest BCUT2D eigenvalue weighted by atomic mass is 9.63. The zero-order valence-corrected chi connectivity index (χ0v) is 17.4. The van der Waals surface area contributed by atoms with Crippen LogP contribution in [0.1, 0.15) is 83.5 Å². The minimum atomic E-state index is -2.03. The zero-order valence-electron chi connectivity index (χ0n) is 17.4. The molecule has 5 unspecified atom stereocenters.